The second-order valence-corrected chi connectivity index (χ2v) is 6.37. The number of Topliss-reactive ketones (excluding diaryl/α,β-unsaturated/α-hetero) is 1. The van der Waals surface area contributed by atoms with E-state index in [-0.39, 0.29) is 31.7 Å². The Kier molecular flexibility index (Phi) is 4.89. The molecule has 0 unspecified atom stereocenters. The zero-order valence-corrected chi connectivity index (χ0v) is 12.4. The predicted molar refractivity (Wildman–Crippen MR) is 71.1 cm³/mol. The molecular weight excluding hydrogens is 265 g/mol. The number of ketones is 1. The van der Waals surface area contributed by atoms with Gasteiger partial charge in [0, 0.05) is 13.0 Å². The first kappa shape index (κ1) is 16.6. The van der Waals surface area contributed by atoms with Crippen LogP contribution in [0.5, 0.6) is 0 Å². The second kappa shape index (κ2) is 5.89. The molecule has 0 aromatic rings. The summed E-state index contributed by atoms with van der Waals surface area (Å²) in [5.41, 5.74) is -1.95. The first-order chi connectivity index (χ1) is 9.09. The van der Waals surface area contributed by atoms with Crippen LogP contribution in [0.3, 0.4) is 0 Å². The van der Waals surface area contributed by atoms with E-state index in [0.717, 1.165) is 0 Å². The van der Waals surface area contributed by atoms with Crippen LogP contribution >= 0.6 is 0 Å². The highest BCUT2D eigenvalue weighted by molar-refractivity contribution is 5.81. The predicted octanol–water partition coefficient (Wildman–Crippen LogP) is 2.13. The van der Waals surface area contributed by atoms with E-state index in [2.05, 4.69) is 0 Å². The maximum atomic E-state index is 14.3. The van der Waals surface area contributed by atoms with E-state index in [1.165, 1.54) is 11.8 Å². The van der Waals surface area contributed by atoms with Gasteiger partial charge in [-0.2, -0.15) is 0 Å². The lowest BCUT2D eigenvalue weighted by Gasteiger charge is -2.40. The van der Waals surface area contributed by atoms with Gasteiger partial charge in [0.1, 0.15) is 23.8 Å². The lowest BCUT2D eigenvalue weighted by Crippen LogP contribution is -2.53. The molecule has 1 fully saturated rings. The summed E-state index contributed by atoms with van der Waals surface area (Å²) in [6, 6.07) is 0. The maximum absolute atomic E-state index is 14.3. The number of ether oxygens (including phenoxy) is 1. The molecule has 6 heteroatoms. The van der Waals surface area contributed by atoms with Crippen molar-refractivity contribution in [1.29, 1.82) is 0 Å². The van der Waals surface area contributed by atoms with E-state index >= 15 is 0 Å². The Morgan fingerprint density at radius 3 is 2.45 bits per heavy atom. The van der Waals surface area contributed by atoms with Gasteiger partial charge in [-0.1, -0.05) is 0 Å². The Bertz CT molecular complexity index is 404. The number of halogens is 1. The van der Waals surface area contributed by atoms with Crippen molar-refractivity contribution < 1.29 is 23.5 Å². The molecular formula is C14H22FNO4. The monoisotopic (exact) mass is 287 g/mol. The average molecular weight is 287 g/mol. The maximum Gasteiger partial charge on any atom is 0.410 e. The molecule has 0 N–H and O–H groups in total. The first-order valence-corrected chi connectivity index (χ1v) is 6.67. The number of carbonyl (C=O) groups excluding carboxylic acids is 3. The Labute approximate surface area is 118 Å². The van der Waals surface area contributed by atoms with Gasteiger partial charge < -0.3 is 14.4 Å². The van der Waals surface area contributed by atoms with Crippen molar-refractivity contribution in [2.24, 2.45) is 5.41 Å². The highest BCUT2D eigenvalue weighted by atomic mass is 19.1. The number of alkyl halides is 1. The van der Waals surface area contributed by atoms with Gasteiger partial charge in [0.15, 0.2) is 0 Å². The summed E-state index contributed by atoms with van der Waals surface area (Å²) >= 11 is 0. The van der Waals surface area contributed by atoms with Crippen molar-refractivity contribution in [2.75, 3.05) is 13.1 Å². The Balaban J connectivity index is 2.73. The number of rotatable bonds is 3. The molecule has 0 saturated carbocycles. The summed E-state index contributed by atoms with van der Waals surface area (Å²) in [7, 11) is 0. The van der Waals surface area contributed by atoms with E-state index in [0.29, 0.717) is 6.29 Å². The molecule has 1 aliphatic rings. The Morgan fingerprint density at radius 2 is 2.05 bits per heavy atom. The van der Waals surface area contributed by atoms with Crippen LogP contribution in [0.25, 0.3) is 0 Å². The fourth-order valence-electron chi connectivity index (χ4n) is 2.30. The number of hydrogen-bond acceptors (Lipinski definition) is 4. The lowest BCUT2D eigenvalue weighted by molar-refractivity contribution is -0.132. The zero-order valence-electron chi connectivity index (χ0n) is 12.4. The van der Waals surface area contributed by atoms with Crippen LogP contribution in [0.15, 0.2) is 0 Å². The third-order valence-electron chi connectivity index (χ3n) is 3.32. The molecule has 114 valence electrons. The molecule has 5 nitrogen and oxygen atoms in total. The molecule has 1 rings (SSSR count). The van der Waals surface area contributed by atoms with Gasteiger partial charge in [0.05, 0.1) is 12.0 Å². The van der Waals surface area contributed by atoms with Gasteiger partial charge in [0.2, 0.25) is 0 Å². The Morgan fingerprint density at radius 1 is 1.45 bits per heavy atom. The van der Waals surface area contributed by atoms with E-state index in [1.807, 2.05) is 0 Å². The molecule has 1 heterocycles. The molecule has 0 radical (unpaired) electrons. The average Bonchev–Trinajstić information content (AvgIpc) is 2.29. The van der Waals surface area contributed by atoms with Crippen LogP contribution in [0.2, 0.25) is 0 Å². The summed E-state index contributed by atoms with van der Waals surface area (Å²) in [4.78, 5) is 35.5. The van der Waals surface area contributed by atoms with Crippen molar-refractivity contribution in [1.82, 2.24) is 4.90 Å². The molecule has 0 aromatic carbocycles. The zero-order chi connectivity index (χ0) is 15.6. The largest absolute Gasteiger partial charge is 0.444 e. The van der Waals surface area contributed by atoms with Gasteiger partial charge in [0.25, 0.3) is 0 Å². The summed E-state index contributed by atoms with van der Waals surface area (Å²) in [6.45, 7) is 6.51. The second-order valence-electron chi connectivity index (χ2n) is 6.37. The molecule has 2 atom stereocenters. The van der Waals surface area contributed by atoms with Crippen LogP contribution in [0.4, 0.5) is 9.18 Å². The number of aldehydes is 1. The molecule has 20 heavy (non-hydrogen) atoms. The van der Waals surface area contributed by atoms with E-state index in [1.54, 1.807) is 20.8 Å². The van der Waals surface area contributed by atoms with Gasteiger partial charge >= 0.3 is 6.09 Å². The smallest absolute Gasteiger partial charge is 0.410 e. The van der Waals surface area contributed by atoms with Gasteiger partial charge in [-0.15, -0.1) is 0 Å². The van der Waals surface area contributed by atoms with Crippen molar-refractivity contribution in [3.63, 3.8) is 0 Å². The summed E-state index contributed by atoms with van der Waals surface area (Å²) in [5, 5.41) is 0. The summed E-state index contributed by atoms with van der Waals surface area (Å²) in [5.74, 6) is -0.231. The van der Waals surface area contributed by atoms with Crippen LogP contribution < -0.4 is 0 Å². The van der Waals surface area contributed by atoms with Gasteiger partial charge in [-0.05, 0) is 34.1 Å². The molecule has 0 spiro atoms. The van der Waals surface area contributed by atoms with Crippen molar-refractivity contribution >= 4 is 18.2 Å². The van der Waals surface area contributed by atoms with E-state index in [9.17, 15) is 18.8 Å². The summed E-state index contributed by atoms with van der Waals surface area (Å²) < 4.78 is 19.4. The van der Waals surface area contributed by atoms with E-state index < -0.39 is 23.3 Å². The lowest BCUT2D eigenvalue weighted by atomic mass is 9.74. The van der Waals surface area contributed by atoms with Gasteiger partial charge in [-0.25, -0.2) is 9.18 Å². The van der Waals surface area contributed by atoms with Crippen molar-refractivity contribution in [2.45, 2.75) is 52.3 Å². The van der Waals surface area contributed by atoms with E-state index in [4.69, 9.17) is 4.74 Å². The highest BCUT2D eigenvalue weighted by Crippen LogP contribution is 2.36. The molecule has 1 aliphatic heterocycles. The molecule has 1 saturated heterocycles. The third-order valence-corrected chi connectivity index (χ3v) is 3.32. The molecule has 0 aromatic heterocycles. The number of hydrogen-bond donors (Lipinski definition) is 0. The van der Waals surface area contributed by atoms with Crippen LogP contribution in [-0.2, 0) is 14.3 Å². The quantitative estimate of drug-likeness (QED) is 0.746. The number of piperidine rings is 1. The molecule has 0 aliphatic carbocycles. The standard InChI is InChI=1S/C14H22FNO4/c1-10(18)7-14(9-17)5-6-16(8-11(14)15)12(19)20-13(2,3)4/h9,11H,5-8H2,1-4H3/t11-,14+/m0/s1. The SMILES string of the molecule is CC(=O)C[C@@]1(C=O)CCN(C(=O)OC(C)(C)C)C[C@@H]1F. The number of nitrogens with zero attached hydrogens (tertiary/aromatic N) is 1. The minimum Gasteiger partial charge on any atom is -0.444 e. The van der Waals surface area contributed by atoms with Crippen LogP contribution in [0.1, 0.15) is 40.5 Å². The fraction of sp³-hybridized carbons (Fsp3) is 0.786. The Hall–Kier alpha value is -1.46. The number of carbonyl (C=O) groups is 3. The highest BCUT2D eigenvalue weighted by Gasteiger charge is 2.46. The normalized spacial score (nSPS) is 27.1. The van der Waals surface area contributed by atoms with Gasteiger partial charge in [-0.3, -0.25) is 4.79 Å². The third kappa shape index (κ3) is 4.02. The van der Waals surface area contributed by atoms with Crippen molar-refractivity contribution in [3.05, 3.63) is 0 Å². The minimum absolute atomic E-state index is 0.125. The molecule has 1 amide bonds. The topological polar surface area (TPSA) is 63.7 Å². The number of amides is 1. The number of likely N-dealkylation sites (tertiary alicyclic amines) is 1. The molecule has 0 bridgehead atoms. The van der Waals surface area contributed by atoms with Crippen LogP contribution in [0, 0.1) is 5.41 Å². The van der Waals surface area contributed by atoms with Crippen LogP contribution in [-0.4, -0.2) is 47.9 Å². The first-order valence-electron chi connectivity index (χ1n) is 6.67. The fourth-order valence-corrected chi connectivity index (χ4v) is 2.30. The minimum atomic E-state index is -1.55. The van der Waals surface area contributed by atoms with Crippen molar-refractivity contribution in [3.8, 4) is 0 Å². The summed E-state index contributed by atoms with van der Waals surface area (Å²) in [6.07, 6.45) is -1.62.